The first-order valence-electron chi connectivity index (χ1n) is 5.56. The number of benzene rings is 2. The van der Waals surface area contributed by atoms with Crippen LogP contribution in [0.1, 0.15) is 10.4 Å². The standard InChI is InChI=1S/C13H10N2O4S/c16-13(17)9-5-1-2-6-10(9)14-20-12-8-4-3-7-11(12)15(18)19/h1-8,14H,(H,16,17)/p-1. The lowest BCUT2D eigenvalue weighted by atomic mass is 10.2. The van der Waals surface area contributed by atoms with Crippen molar-refractivity contribution in [3.05, 3.63) is 64.2 Å². The van der Waals surface area contributed by atoms with E-state index < -0.39 is 10.9 Å². The first-order chi connectivity index (χ1) is 9.59. The molecule has 0 saturated carbocycles. The van der Waals surface area contributed by atoms with Gasteiger partial charge in [0.15, 0.2) is 0 Å². The third-order valence-electron chi connectivity index (χ3n) is 2.48. The molecule has 0 atom stereocenters. The van der Waals surface area contributed by atoms with Gasteiger partial charge in [-0.05, 0) is 24.1 Å². The van der Waals surface area contributed by atoms with Gasteiger partial charge in [0.25, 0.3) is 5.69 Å². The first-order valence-corrected chi connectivity index (χ1v) is 6.38. The Bertz CT molecular complexity index is 603. The van der Waals surface area contributed by atoms with Gasteiger partial charge in [0.2, 0.25) is 0 Å². The lowest BCUT2D eigenvalue weighted by molar-refractivity contribution is -0.387. The van der Waals surface area contributed by atoms with Crippen LogP contribution in [0.25, 0.3) is 0 Å². The molecule has 2 rings (SSSR count). The summed E-state index contributed by atoms with van der Waals surface area (Å²) in [5.74, 6) is -1.31. The molecule has 0 heterocycles. The summed E-state index contributed by atoms with van der Waals surface area (Å²) in [6, 6.07) is 12.4. The van der Waals surface area contributed by atoms with Crippen LogP contribution in [-0.4, -0.2) is 10.9 Å². The molecule has 20 heavy (non-hydrogen) atoms. The van der Waals surface area contributed by atoms with Crippen molar-refractivity contribution in [3.63, 3.8) is 0 Å². The van der Waals surface area contributed by atoms with Crippen LogP contribution in [0.4, 0.5) is 11.4 Å². The molecular weight excluding hydrogens is 280 g/mol. The van der Waals surface area contributed by atoms with Gasteiger partial charge in [0, 0.05) is 11.6 Å². The second kappa shape index (κ2) is 6.07. The molecule has 2 aromatic carbocycles. The maximum Gasteiger partial charge on any atom is 0.284 e. The first kappa shape index (κ1) is 13.9. The maximum atomic E-state index is 10.9. The van der Waals surface area contributed by atoms with Crippen LogP contribution in [0, 0.1) is 10.1 Å². The van der Waals surface area contributed by atoms with Gasteiger partial charge in [-0.1, -0.05) is 30.3 Å². The van der Waals surface area contributed by atoms with E-state index in [2.05, 4.69) is 4.72 Å². The van der Waals surface area contributed by atoms with Gasteiger partial charge in [-0.2, -0.15) is 0 Å². The molecule has 0 saturated heterocycles. The topological polar surface area (TPSA) is 95.3 Å². The minimum Gasteiger partial charge on any atom is -0.545 e. The minimum absolute atomic E-state index is 0.00131. The summed E-state index contributed by atoms with van der Waals surface area (Å²) in [5.41, 5.74) is 0.283. The average molecular weight is 289 g/mol. The molecular formula is C13H9N2O4S-. The fourth-order valence-corrected chi connectivity index (χ4v) is 2.35. The zero-order valence-electron chi connectivity index (χ0n) is 10.1. The van der Waals surface area contributed by atoms with E-state index in [9.17, 15) is 20.0 Å². The van der Waals surface area contributed by atoms with Crippen molar-refractivity contribution >= 4 is 29.3 Å². The number of hydrogen-bond acceptors (Lipinski definition) is 6. The Balaban J connectivity index is 2.22. The lowest BCUT2D eigenvalue weighted by Gasteiger charge is -2.11. The van der Waals surface area contributed by atoms with Crippen LogP contribution in [0.3, 0.4) is 0 Å². The van der Waals surface area contributed by atoms with E-state index in [4.69, 9.17) is 0 Å². The summed E-state index contributed by atoms with van der Waals surface area (Å²) in [6.45, 7) is 0. The number of carbonyl (C=O) groups excluding carboxylic acids is 1. The van der Waals surface area contributed by atoms with Gasteiger partial charge < -0.3 is 14.6 Å². The Morgan fingerprint density at radius 2 is 1.75 bits per heavy atom. The fourth-order valence-electron chi connectivity index (χ4n) is 1.55. The van der Waals surface area contributed by atoms with Gasteiger partial charge in [0.05, 0.1) is 16.6 Å². The van der Waals surface area contributed by atoms with Gasteiger partial charge in [-0.3, -0.25) is 10.1 Å². The third kappa shape index (κ3) is 3.07. The highest BCUT2D eigenvalue weighted by Crippen LogP contribution is 2.30. The number of carboxylic acids is 1. The summed E-state index contributed by atoms with van der Waals surface area (Å²) in [7, 11) is 0. The molecule has 7 heteroatoms. The van der Waals surface area contributed by atoms with Crippen molar-refractivity contribution < 1.29 is 14.8 Å². The van der Waals surface area contributed by atoms with Crippen LogP contribution in [0.2, 0.25) is 0 Å². The number of carboxylic acid groups (broad SMARTS) is 1. The van der Waals surface area contributed by atoms with Crippen molar-refractivity contribution in [2.24, 2.45) is 0 Å². The zero-order valence-corrected chi connectivity index (χ0v) is 10.9. The van der Waals surface area contributed by atoms with E-state index in [1.165, 1.54) is 12.1 Å². The number of anilines is 1. The number of nitro groups is 1. The van der Waals surface area contributed by atoms with Crippen molar-refractivity contribution in [3.8, 4) is 0 Å². The van der Waals surface area contributed by atoms with E-state index in [0.29, 0.717) is 10.6 Å². The Labute approximate surface area is 118 Å². The summed E-state index contributed by atoms with van der Waals surface area (Å²) >= 11 is 0.977. The van der Waals surface area contributed by atoms with E-state index >= 15 is 0 Å². The van der Waals surface area contributed by atoms with E-state index in [1.807, 2.05) is 0 Å². The molecule has 1 N–H and O–H groups in total. The van der Waals surface area contributed by atoms with E-state index in [1.54, 1.807) is 36.4 Å². The number of aromatic carboxylic acids is 1. The number of nitrogens with zero attached hydrogens (tertiary/aromatic N) is 1. The molecule has 0 aliphatic heterocycles. The molecule has 0 aromatic heterocycles. The third-order valence-corrected chi connectivity index (χ3v) is 3.37. The highest BCUT2D eigenvalue weighted by molar-refractivity contribution is 8.00. The monoisotopic (exact) mass is 289 g/mol. The normalized spacial score (nSPS) is 10.0. The van der Waals surface area contributed by atoms with Crippen molar-refractivity contribution in [2.75, 3.05) is 4.72 Å². The number of para-hydroxylation sites is 2. The highest BCUT2D eigenvalue weighted by atomic mass is 32.2. The minimum atomic E-state index is -1.31. The predicted molar refractivity (Wildman–Crippen MR) is 73.3 cm³/mol. The molecule has 0 radical (unpaired) electrons. The molecule has 0 aliphatic rings. The SMILES string of the molecule is O=C([O-])c1ccccc1NSc1ccccc1[N+](=O)[O-]. The van der Waals surface area contributed by atoms with E-state index in [-0.39, 0.29) is 11.3 Å². The molecule has 0 unspecified atom stereocenters. The van der Waals surface area contributed by atoms with Gasteiger partial charge in [-0.15, -0.1) is 0 Å². The summed E-state index contributed by atoms with van der Waals surface area (Å²) in [5, 5.41) is 21.8. The van der Waals surface area contributed by atoms with Crippen LogP contribution in [0.5, 0.6) is 0 Å². The Hall–Kier alpha value is -2.54. The van der Waals surface area contributed by atoms with Crippen LogP contribution in [-0.2, 0) is 0 Å². The largest absolute Gasteiger partial charge is 0.545 e. The van der Waals surface area contributed by atoms with Crippen LogP contribution >= 0.6 is 11.9 Å². The second-order valence-corrected chi connectivity index (χ2v) is 4.61. The zero-order chi connectivity index (χ0) is 14.5. The van der Waals surface area contributed by atoms with Crippen LogP contribution in [0.15, 0.2) is 53.4 Å². The number of nitrogens with one attached hydrogen (secondary N) is 1. The van der Waals surface area contributed by atoms with Gasteiger partial charge in [-0.25, -0.2) is 0 Å². The summed E-state index contributed by atoms with van der Waals surface area (Å²) < 4.78 is 2.80. The van der Waals surface area contributed by atoms with Crippen molar-refractivity contribution in [2.45, 2.75) is 4.90 Å². The fraction of sp³-hybridized carbons (Fsp3) is 0. The Morgan fingerprint density at radius 3 is 2.45 bits per heavy atom. The Morgan fingerprint density at radius 1 is 1.10 bits per heavy atom. The molecule has 102 valence electrons. The number of nitro benzene ring substituents is 1. The average Bonchev–Trinajstić information content (AvgIpc) is 2.45. The molecule has 0 fully saturated rings. The smallest absolute Gasteiger partial charge is 0.284 e. The quantitative estimate of drug-likeness (QED) is 0.514. The molecule has 0 aliphatic carbocycles. The van der Waals surface area contributed by atoms with Crippen molar-refractivity contribution in [1.82, 2.24) is 0 Å². The van der Waals surface area contributed by atoms with Gasteiger partial charge >= 0.3 is 0 Å². The summed E-state index contributed by atoms with van der Waals surface area (Å²) in [6.07, 6.45) is 0. The second-order valence-electron chi connectivity index (χ2n) is 3.76. The summed E-state index contributed by atoms with van der Waals surface area (Å²) in [4.78, 5) is 21.7. The van der Waals surface area contributed by atoms with Crippen molar-refractivity contribution in [1.29, 1.82) is 0 Å². The molecule has 0 spiro atoms. The van der Waals surface area contributed by atoms with E-state index in [0.717, 1.165) is 11.9 Å². The molecule has 0 amide bonds. The highest BCUT2D eigenvalue weighted by Gasteiger charge is 2.13. The predicted octanol–water partition coefficient (Wildman–Crippen LogP) is 2.08. The molecule has 0 bridgehead atoms. The number of rotatable bonds is 5. The van der Waals surface area contributed by atoms with Crippen LogP contribution < -0.4 is 9.83 Å². The molecule has 2 aromatic rings. The van der Waals surface area contributed by atoms with Gasteiger partial charge in [0.1, 0.15) is 4.90 Å². The number of hydrogen-bond donors (Lipinski definition) is 1. The maximum absolute atomic E-state index is 10.9. The Kier molecular flexibility index (Phi) is 4.21. The molecule has 6 nitrogen and oxygen atoms in total. The number of carbonyl (C=O) groups is 1. The lowest BCUT2D eigenvalue weighted by Crippen LogP contribution is -2.23.